The molecule has 0 N–H and O–H groups in total. The molecule has 0 fully saturated rings. The van der Waals surface area contributed by atoms with Crippen molar-refractivity contribution in [3.05, 3.63) is 158 Å². The maximum Gasteiger partial charge on any atom is 0.0792 e. The summed E-state index contributed by atoms with van der Waals surface area (Å²) < 4.78 is 0. The summed E-state index contributed by atoms with van der Waals surface area (Å²) in [5.74, 6) is 0. The fourth-order valence-corrected chi connectivity index (χ4v) is 11.2. The van der Waals surface area contributed by atoms with E-state index >= 15 is 0 Å². The highest BCUT2D eigenvalue weighted by atomic mass is 28.3. The SMILES string of the molecule is C[Si](C)(C)c1c2cccc1c1cccc(c#cc3cccc(c3)c3cccc(c3[Si](C)(C)C)c3cccc(c#cc4cccc2c4)c3)c1. The zero-order chi connectivity index (χ0) is 33.5. The van der Waals surface area contributed by atoms with Gasteiger partial charge in [-0.3, -0.25) is 0 Å². The maximum atomic E-state index is 3.51. The minimum absolute atomic E-state index is 1.02. The molecule has 0 saturated carbocycles. The molecule has 0 nitrogen and oxygen atoms in total. The number of fused-ring (bicyclic) bond motifs is 16. The highest BCUT2D eigenvalue weighted by Crippen LogP contribution is 2.24. The van der Waals surface area contributed by atoms with Crippen LogP contribution in [-0.2, 0) is 0 Å². The number of hydrogen-bond acceptors (Lipinski definition) is 0. The Morgan fingerprint density at radius 2 is 0.542 bits per heavy atom. The molecule has 2 heteroatoms. The average Bonchev–Trinajstić information content (AvgIpc) is 3.08. The van der Waals surface area contributed by atoms with Gasteiger partial charge in [-0.1, -0.05) is 148 Å². The van der Waals surface area contributed by atoms with E-state index in [2.05, 4.69) is 197 Å². The molecule has 12 bridgehead atoms. The third-order valence-electron chi connectivity index (χ3n) is 9.03. The Labute approximate surface area is 287 Å². The fourth-order valence-electron chi connectivity index (χ4n) is 7.03. The van der Waals surface area contributed by atoms with E-state index < -0.39 is 16.1 Å². The molecule has 7 aromatic rings. The van der Waals surface area contributed by atoms with Gasteiger partial charge in [0, 0.05) is 21.5 Å². The Hall–Kier alpha value is -5.13. The van der Waals surface area contributed by atoms with Gasteiger partial charge < -0.3 is 0 Å². The minimum atomic E-state index is -1.79. The van der Waals surface area contributed by atoms with Gasteiger partial charge in [0.1, 0.15) is 0 Å². The zero-order valence-corrected chi connectivity index (χ0v) is 30.7. The van der Waals surface area contributed by atoms with E-state index in [-0.39, 0.29) is 0 Å². The molecule has 0 atom stereocenters. The Morgan fingerprint density at radius 3 is 0.771 bits per heavy atom. The van der Waals surface area contributed by atoms with Crippen LogP contribution >= 0.6 is 0 Å². The van der Waals surface area contributed by atoms with Crippen molar-refractivity contribution in [2.24, 2.45) is 0 Å². The average molecular weight is 649 g/mol. The Morgan fingerprint density at radius 1 is 0.312 bits per heavy atom. The van der Waals surface area contributed by atoms with Crippen molar-refractivity contribution in [1.82, 2.24) is 0 Å². The lowest BCUT2D eigenvalue weighted by atomic mass is 10.1. The van der Waals surface area contributed by atoms with Crippen LogP contribution in [0, 0.1) is 24.3 Å². The van der Waals surface area contributed by atoms with E-state index in [0.29, 0.717) is 0 Å². The van der Waals surface area contributed by atoms with Gasteiger partial charge in [0.05, 0.1) is 16.1 Å². The first kappa shape index (κ1) is 31.5. The highest BCUT2D eigenvalue weighted by molar-refractivity contribution is 6.92. The van der Waals surface area contributed by atoms with Gasteiger partial charge in [-0.15, -0.1) is 0 Å². The van der Waals surface area contributed by atoms with Crippen LogP contribution in [0.2, 0.25) is 39.3 Å². The summed E-state index contributed by atoms with van der Waals surface area (Å²) in [5, 5.41) is 17.0. The lowest BCUT2D eigenvalue weighted by Crippen LogP contribution is -2.38. The Balaban J connectivity index is 1.67. The minimum Gasteiger partial charge on any atom is -0.0656 e. The summed E-state index contributed by atoms with van der Waals surface area (Å²) in [4.78, 5) is 0. The van der Waals surface area contributed by atoms with Crippen LogP contribution in [0.25, 0.3) is 64.6 Å². The van der Waals surface area contributed by atoms with Gasteiger partial charge in [0.15, 0.2) is 0 Å². The van der Waals surface area contributed by atoms with Crippen molar-refractivity contribution < 1.29 is 0 Å². The lowest BCUT2D eigenvalue weighted by molar-refractivity contribution is 1.74. The van der Waals surface area contributed by atoms with Crippen LogP contribution in [0.4, 0.5) is 0 Å². The second-order valence-electron chi connectivity index (χ2n) is 14.8. The standard InChI is InChI=1S/C46H40Si2/c1-47(2,3)45-41-21-11-22-42(45)38-18-8-14-34(30-38)26-28-36-16-10-20-40(32-36)44-24-12-23-43(46(44)48(4,5)6)39-19-9-15-35(31-39)27-25-33-13-7-17-37(41)29-33/h7-24,29-32H,1-6H3. The molecule has 232 valence electrons. The molecule has 0 saturated heterocycles. The van der Waals surface area contributed by atoms with Gasteiger partial charge in [-0.05, 0) is 102 Å². The van der Waals surface area contributed by atoms with E-state index in [1.165, 1.54) is 53.5 Å². The summed E-state index contributed by atoms with van der Waals surface area (Å²) >= 11 is 0. The maximum absolute atomic E-state index is 3.51. The van der Waals surface area contributed by atoms with E-state index in [0.717, 1.165) is 21.5 Å². The summed E-state index contributed by atoms with van der Waals surface area (Å²) in [5.41, 5.74) is 0. The molecule has 0 aliphatic rings. The monoisotopic (exact) mass is 648 g/mol. The number of benzene rings is 6. The molecular formula is C46H40Si2. The first-order valence-electron chi connectivity index (χ1n) is 16.8. The summed E-state index contributed by atoms with van der Waals surface area (Å²) in [6.45, 7) is 14.6. The summed E-state index contributed by atoms with van der Waals surface area (Å²) in [6.07, 6.45) is 0. The van der Waals surface area contributed by atoms with E-state index in [1.54, 1.807) is 0 Å². The van der Waals surface area contributed by atoms with Crippen LogP contribution in [0.3, 0.4) is 0 Å². The smallest absolute Gasteiger partial charge is 0.0656 e. The molecule has 0 aliphatic carbocycles. The fraction of sp³-hybridized carbons (Fsp3) is 0.130. The molecule has 48 heavy (non-hydrogen) atoms. The molecule has 0 aromatic heterocycles. The van der Waals surface area contributed by atoms with Crippen molar-refractivity contribution in [3.8, 4) is 0 Å². The van der Waals surface area contributed by atoms with Gasteiger partial charge in [-0.2, -0.15) is 0 Å². The van der Waals surface area contributed by atoms with Crippen LogP contribution in [0.1, 0.15) is 0 Å². The van der Waals surface area contributed by atoms with E-state index in [4.69, 9.17) is 0 Å². The van der Waals surface area contributed by atoms with Gasteiger partial charge in [0.25, 0.3) is 0 Å². The summed E-state index contributed by atoms with van der Waals surface area (Å²) in [6, 6.07) is 62.6. The van der Waals surface area contributed by atoms with Crippen LogP contribution < -0.4 is 10.4 Å². The van der Waals surface area contributed by atoms with Gasteiger partial charge in [0.2, 0.25) is 0 Å². The predicted molar refractivity (Wildman–Crippen MR) is 217 cm³/mol. The van der Waals surface area contributed by atoms with Crippen molar-refractivity contribution in [2.75, 3.05) is 0 Å². The number of hydrogen-bond donors (Lipinski definition) is 0. The van der Waals surface area contributed by atoms with E-state index in [9.17, 15) is 0 Å². The molecule has 7 rings (SSSR count). The number of rotatable bonds is 2. The van der Waals surface area contributed by atoms with Crippen LogP contribution in [-0.4, -0.2) is 16.1 Å². The van der Waals surface area contributed by atoms with Gasteiger partial charge in [-0.25, -0.2) is 0 Å². The molecule has 0 amide bonds. The van der Waals surface area contributed by atoms with Crippen molar-refractivity contribution in [3.63, 3.8) is 0 Å². The largest absolute Gasteiger partial charge is 0.0792 e. The second-order valence-corrected chi connectivity index (χ2v) is 24.8. The molecular weight excluding hydrogens is 609 g/mol. The molecule has 0 heterocycles. The third-order valence-corrected chi connectivity index (χ3v) is 13.1. The van der Waals surface area contributed by atoms with E-state index in [1.807, 2.05) is 0 Å². The summed E-state index contributed by atoms with van der Waals surface area (Å²) in [7, 11) is -3.58. The van der Waals surface area contributed by atoms with Crippen molar-refractivity contribution in [1.29, 1.82) is 0 Å². The molecule has 0 aliphatic heterocycles. The Bertz CT molecular complexity index is 2190. The predicted octanol–water partition coefficient (Wildman–Crippen LogP) is 11.7. The van der Waals surface area contributed by atoms with Crippen molar-refractivity contribution in [2.45, 2.75) is 39.3 Å². The highest BCUT2D eigenvalue weighted by Gasteiger charge is 2.22. The molecule has 0 unspecified atom stereocenters. The zero-order valence-electron chi connectivity index (χ0n) is 28.7. The quantitative estimate of drug-likeness (QED) is 0.164. The van der Waals surface area contributed by atoms with Crippen molar-refractivity contribution >= 4 is 91.2 Å². The first-order valence-corrected chi connectivity index (χ1v) is 23.8. The molecule has 0 spiro atoms. The lowest BCUT2D eigenvalue weighted by Gasteiger charge is -2.21. The first-order chi connectivity index (χ1) is 23.0. The Kier molecular flexibility index (Phi) is 8.18. The molecule has 0 radical (unpaired) electrons. The molecule has 7 aromatic carbocycles. The third kappa shape index (κ3) is 6.39. The van der Waals surface area contributed by atoms with Crippen LogP contribution in [0.5, 0.6) is 0 Å². The topological polar surface area (TPSA) is 0 Å². The second kappa shape index (κ2) is 12.5. The van der Waals surface area contributed by atoms with Crippen LogP contribution in [0.15, 0.2) is 133 Å². The van der Waals surface area contributed by atoms with Gasteiger partial charge >= 0.3 is 0 Å². The normalized spacial score (nSPS) is 11.6.